The molecule has 1 unspecified atom stereocenters. The number of ether oxygens (including phenoxy) is 1. The molecule has 3 nitrogen and oxygen atoms in total. The zero-order chi connectivity index (χ0) is 10.7. The Bertz CT molecular complexity index is 323. The van der Waals surface area contributed by atoms with Gasteiger partial charge in [-0.3, -0.25) is 4.84 Å². The third-order valence-corrected chi connectivity index (χ3v) is 2.49. The Morgan fingerprint density at radius 2 is 1.79 bits per heavy atom. The van der Waals surface area contributed by atoms with Crippen LogP contribution in [0.3, 0.4) is 0 Å². The second-order valence-electron chi connectivity index (χ2n) is 3.46. The van der Waals surface area contributed by atoms with E-state index < -0.39 is 0 Å². The first-order valence-electron chi connectivity index (χ1n) is 4.60. The smallest absolute Gasteiger partial charge is 0.125 e. The van der Waals surface area contributed by atoms with E-state index in [4.69, 9.17) is 15.5 Å². The number of aryl methyl sites for hydroxylation is 2. The Hall–Kier alpha value is -1.06. The van der Waals surface area contributed by atoms with E-state index in [0.717, 1.165) is 11.3 Å². The molecule has 0 aromatic heterocycles. The van der Waals surface area contributed by atoms with Crippen molar-refractivity contribution in [1.82, 2.24) is 0 Å². The summed E-state index contributed by atoms with van der Waals surface area (Å²) in [5.74, 6) is 5.99. The molecule has 0 bridgehead atoms. The molecule has 0 heterocycles. The van der Waals surface area contributed by atoms with Crippen LogP contribution >= 0.6 is 0 Å². The average Bonchev–Trinajstić information content (AvgIpc) is 2.20. The van der Waals surface area contributed by atoms with Crippen molar-refractivity contribution in [3.05, 3.63) is 28.8 Å². The quantitative estimate of drug-likeness (QED) is 0.752. The molecule has 3 heteroatoms. The summed E-state index contributed by atoms with van der Waals surface area (Å²) in [4.78, 5) is 4.79. The summed E-state index contributed by atoms with van der Waals surface area (Å²) in [6, 6.07) is 4.05. The average molecular weight is 195 g/mol. The maximum Gasteiger partial charge on any atom is 0.125 e. The first-order valence-corrected chi connectivity index (χ1v) is 4.60. The van der Waals surface area contributed by atoms with Crippen LogP contribution in [0.5, 0.6) is 5.75 Å². The lowest BCUT2D eigenvalue weighted by atomic mass is 10.0. The van der Waals surface area contributed by atoms with Crippen LogP contribution in [0.25, 0.3) is 0 Å². The van der Waals surface area contributed by atoms with E-state index in [2.05, 4.69) is 13.8 Å². The Balaban J connectivity index is 3.19. The first kappa shape index (κ1) is 11.0. The van der Waals surface area contributed by atoms with Crippen molar-refractivity contribution in [3.8, 4) is 5.75 Å². The molecular formula is C11H17NO2. The third kappa shape index (κ3) is 2.05. The van der Waals surface area contributed by atoms with Gasteiger partial charge in [-0.15, -0.1) is 0 Å². The standard InChI is InChI=1S/C11H17NO2/c1-7-5-10(9(3)14-12)11(13-4)6-8(7)2/h5-6,9H,12H2,1-4H3. The predicted molar refractivity (Wildman–Crippen MR) is 56.2 cm³/mol. The van der Waals surface area contributed by atoms with Crippen molar-refractivity contribution in [3.63, 3.8) is 0 Å². The van der Waals surface area contributed by atoms with E-state index >= 15 is 0 Å². The minimum atomic E-state index is -0.149. The third-order valence-electron chi connectivity index (χ3n) is 2.49. The summed E-state index contributed by atoms with van der Waals surface area (Å²) in [6.07, 6.45) is -0.149. The zero-order valence-corrected chi connectivity index (χ0v) is 9.13. The molecule has 0 spiro atoms. The van der Waals surface area contributed by atoms with Crippen LogP contribution in [0.15, 0.2) is 12.1 Å². The highest BCUT2D eigenvalue weighted by Crippen LogP contribution is 2.29. The molecule has 1 aromatic carbocycles. The normalized spacial score (nSPS) is 12.6. The first-order chi connectivity index (χ1) is 6.60. The number of rotatable bonds is 3. The molecule has 78 valence electrons. The molecule has 1 rings (SSSR count). The van der Waals surface area contributed by atoms with Crippen molar-refractivity contribution in [2.24, 2.45) is 5.90 Å². The van der Waals surface area contributed by atoms with Gasteiger partial charge in [0.15, 0.2) is 0 Å². The highest BCUT2D eigenvalue weighted by molar-refractivity contribution is 5.42. The summed E-state index contributed by atoms with van der Waals surface area (Å²) >= 11 is 0. The fraction of sp³-hybridized carbons (Fsp3) is 0.455. The minimum Gasteiger partial charge on any atom is -0.496 e. The van der Waals surface area contributed by atoms with Gasteiger partial charge in [0.2, 0.25) is 0 Å². The van der Waals surface area contributed by atoms with E-state index in [9.17, 15) is 0 Å². The SMILES string of the molecule is COc1cc(C)c(C)cc1C(C)ON. The van der Waals surface area contributed by atoms with E-state index in [1.807, 2.05) is 19.1 Å². The molecule has 0 aliphatic carbocycles. The van der Waals surface area contributed by atoms with Crippen LogP contribution in [0.4, 0.5) is 0 Å². The summed E-state index contributed by atoms with van der Waals surface area (Å²) in [7, 11) is 1.65. The molecule has 14 heavy (non-hydrogen) atoms. The molecule has 0 radical (unpaired) electrons. The lowest BCUT2D eigenvalue weighted by molar-refractivity contribution is 0.0645. The number of hydrogen-bond acceptors (Lipinski definition) is 3. The molecule has 0 saturated carbocycles. The molecule has 0 fully saturated rings. The van der Waals surface area contributed by atoms with Gasteiger partial charge in [0.05, 0.1) is 7.11 Å². The topological polar surface area (TPSA) is 44.5 Å². The van der Waals surface area contributed by atoms with Crippen LogP contribution in [0.2, 0.25) is 0 Å². The van der Waals surface area contributed by atoms with Gasteiger partial charge in [0, 0.05) is 5.56 Å². The van der Waals surface area contributed by atoms with Crippen LogP contribution in [0.1, 0.15) is 29.7 Å². The minimum absolute atomic E-state index is 0.149. The predicted octanol–water partition coefficient (Wildman–Crippen LogP) is 2.26. The summed E-state index contributed by atoms with van der Waals surface area (Å²) in [5.41, 5.74) is 3.40. The molecule has 2 N–H and O–H groups in total. The molecular weight excluding hydrogens is 178 g/mol. The van der Waals surface area contributed by atoms with Gasteiger partial charge >= 0.3 is 0 Å². The fourth-order valence-corrected chi connectivity index (χ4v) is 1.38. The summed E-state index contributed by atoms with van der Waals surface area (Å²) in [6.45, 7) is 6.00. The maximum absolute atomic E-state index is 5.27. The van der Waals surface area contributed by atoms with Crippen LogP contribution in [0, 0.1) is 13.8 Å². The van der Waals surface area contributed by atoms with Gasteiger partial charge in [0.25, 0.3) is 0 Å². The molecule has 0 aliphatic heterocycles. The Morgan fingerprint density at radius 3 is 2.29 bits per heavy atom. The monoisotopic (exact) mass is 195 g/mol. The number of benzene rings is 1. The van der Waals surface area contributed by atoms with Crippen molar-refractivity contribution < 1.29 is 9.57 Å². The molecule has 1 aromatic rings. The molecule has 0 amide bonds. The number of hydrogen-bond donors (Lipinski definition) is 1. The van der Waals surface area contributed by atoms with E-state index in [1.54, 1.807) is 7.11 Å². The van der Waals surface area contributed by atoms with E-state index in [1.165, 1.54) is 11.1 Å². The van der Waals surface area contributed by atoms with E-state index in [0.29, 0.717) is 0 Å². The molecule has 0 saturated heterocycles. The van der Waals surface area contributed by atoms with Crippen LogP contribution in [-0.4, -0.2) is 7.11 Å². The number of nitrogens with two attached hydrogens (primary N) is 1. The lowest BCUT2D eigenvalue weighted by Gasteiger charge is -2.15. The fourth-order valence-electron chi connectivity index (χ4n) is 1.38. The molecule has 0 aliphatic rings. The van der Waals surface area contributed by atoms with Gasteiger partial charge in [0.1, 0.15) is 11.9 Å². The highest BCUT2D eigenvalue weighted by Gasteiger charge is 2.12. The largest absolute Gasteiger partial charge is 0.496 e. The van der Waals surface area contributed by atoms with E-state index in [-0.39, 0.29) is 6.10 Å². The van der Waals surface area contributed by atoms with Gasteiger partial charge in [-0.25, -0.2) is 5.90 Å². The van der Waals surface area contributed by atoms with Gasteiger partial charge in [-0.1, -0.05) is 0 Å². The van der Waals surface area contributed by atoms with Crippen molar-refractivity contribution >= 4 is 0 Å². The summed E-state index contributed by atoms with van der Waals surface area (Å²) < 4.78 is 5.27. The second kappa shape index (κ2) is 4.44. The van der Waals surface area contributed by atoms with Crippen molar-refractivity contribution in [1.29, 1.82) is 0 Å². The zero-order valence-electron chi connectivity index (χ0n) is 9.13. The van der Waals surface area contributed by atoms with Crippen molar-refractivity contribution in [2.45, 2.75) is 26.9 Å². The van der Waals surface area contributed by atoms with Crippen LogP contribution < -0.4 is 10.6 Å². The van der Waals surface area contributed by atoms with Crippen LogP contribution in [-0.2, 0) is 4.84 Å². The Kier molecular flexibility index (Phi) is 3.49. The maximum atomic E-state index is 5.27. The molecule has 1 atom stereocenters. The summed E-state index contributed by atoms with van der Waals surface area (Å²) in [5, 5.41) is 0. The lowest BCUT2D eigenvalue weighted by Crippen LogP contribution is -2.07. The highest BCUT2D eigenvalue weighted by atomic mass is 16.6. The number of methoxy groups -OCH3 is 1. The Labute approximate surface area is 84.8 Å². The Morgan fingerprint density at radius 1 is 1.21 bits per heavy atom. The second-order valence-corrected chi connectivity index (χ2v) is 3.46. The van der Waals surface area contributed by atoms with Gasteiger partial charge < -0.3 is 4.74 Å². The van der Waals surface area contributed by atoms with Crippen molar-refractivity contribution in [2.75, 3.05) is 7.11 Å². The van der Waals surface area contributed by atoms with Gasteiger partial charge in [-0.2, -0.15) is 0 Å². The van der Waals surface area contributed by atoms with Gasteiger partial charge in [-0.05, 0) is 44.0 Å².